The summed E-state index contributed by atoms with van der Waals surface area (Å²) in [6.45, 7) is 11.1. The van der Waals surface area contributed by atoms with Crippen molar-refractivity contribution in [1.82, 2.24) is 4.57 Å². The first-order valence-electron chi connectivity index (χ1n) is 13.2. The van der Waals surface area contributed by atoms with Gasteiger partial charge in [-0.1, -0.05) is 84.0 Å². The third-order valence-electron chi connectivity index (χ3n) is 6.43. The second kappa shape index (κ2) is 8.58. The molecule has 0 unspecified atom stereocenters. The molecule has 2 heteroatoms. The van der Waals surface area contributed by atoms with Gasteiger partial charge in [-0.2, -0.15) is 4.57 Å². The molecular formula is C30H37N2+. The molecule has 0 aliphatic rings. The van der Waals surface area contributed by atoms with Crippen molar-refractivity contribution < 1.29 is 8.68 Å². The molecule has 3 aromatic carbocycles. The average Bonchev–Trinajstić information content (AvgIpc) is 3.10. The highest BCUT2D eigenvalue weighted by atomic mass is 15.2. The molecule has 0 aliphatic heterocycles. The van der Waals surface area contributed by atoms with Gasteiger partial charge in [-0.15, -0.1) is 0 Å². The van der Waals surface area contributed by atoms with Crippen LogP contribution in [0.5, 0.6) is 0 Å². The van der Waals surface area contributed by atoms with Crippen molar-refractivity contribution in [3.05, 3.63) is 83.2 Å². The Hall–Kier alpha value is -2.87. The van der Waals surface area contributed by atoms with Crippen LogP contribution in [-0.4, -0.2) is 4.57 Å². The molecule has 0 aliphatic carbocycles. The number of nitrogens with zero attached hydrogens (tertiary/aromatic N) is 2. The van der Waals surface area contributed by atoms with Crippen LogP contribution >= 0.6 is 0 Å². The largest absolute Gasteiger partial charge is 0.265 e. The molecule has 32 heavy (non-hydrogen) atoms. The van der Waals surface area contributed by atoms with Crippen molar-refractivity contribution in [2.45, 2.75) is 66.1 Å². The molecule has 0 N–H and O–H groups in total. The number of rotatable bonds is 5. The third-order valence-corrected chi connectivity index (χ3v) is 6.43. The molecule has 0 fully saturated rings. The predicted molar refractivity (Wildman–Crippen MR) is 137 cm³/mol. The van der Waals surface area contributed by atoms with E-state index in [9.17, 15) is 0 Å². The summed E-state index contributed by atoms with van der Waals surface area (Å²) < 4.78 is 29.4. The lowest BCUT2D eigenvalue weighted by molar-refractivity contribution is -0.580. The highest BCUT2D eigenvalue weighted by Gasteiger charge is 2.32. The van der Waals surface area contributed by atoms with E-state index in [1.54, 1.807) is 6.07 Å². The predicted octanol–water partition coefficient (Wildman–Crippen LogP) is 7.80. The molecule has 0 amide bonds. The van der Waals surface area contributed by atoms with Gasteiger partial charge in [0.05, 0.1) is 13.0 Å². The molecular weight excluding hydrogens is 388 g/mol. The summed E-state index contributed by atoms with van der Waals surface area (Å²) in [6, 6.07) is 20.8. The number of hydrogen-bond acceptors (Lipinski definition) is 0. The smallest absolute Gasteiger partial charge is 0.229 e. The van der Waals surface area contributed by atoms with Crippen molar-refractivity contribution >= 4 is 11.0 Å². The number of benzene rings is 3. The minimum absolute atomic E-state index is 0.200. The van der Waals surface area contributed by atoms with Crippen LogP contribution in [0, 0.1) is 6.85 Å². The number of fused-ring (bicyclic) bond motifs is 1. The summed E-state index contributed by atoms with van der Waals surface area (Å²) in [5.74, 6) is 1.82. The highest BCUT2D eigenvalue weighted by molar-refractivity contribution is 5.77. The fourth-order valence-corrected chi connectivity index (χ4v) is 4.91. The second-order valence-corrected chi connectivity index (χ2v) is 9.76. The molecule has 4 aromatic rings. The van der Waals surface area contributed by atoms with Gasteiger partial charge in [-0.25, -0.2) is 4.57 Å². The van der Waals surface area contributed by atoms with E-state index >= 15 is 0 Å². The van der Waals surface area contributed by atoms with E-state index in [1.807, 2.05) is 18.2 Å². The standard InChI is InChI=1S/C30H37N2/c1-19(2)25-17-24(23-14-10-9-11-15-23)18-26(20(3)4)29(25)32-28-22(7)13-12-16-27(28)31(8)30(32)21(5)6/h9-21H,1-8H3/q+1/i7D3. The lowest BCUT2D eigenvalue weighted by Crippen LogP contribution is -2.39. The first-order valence-corrected chi connectivity index (χ1v) is 11.7. The average molecular weight is 429 g/mol. The van der Waals surface area contributed by atoms with E-state index in [-0.39, 0.29) is 17.8 Å². The Morgan fingerprint density at radius 1 is 0.750 bits per heavy atom. The summed E-state index contributed by atoms with van der Waals surface area (Å²) in [4.78, 5) is 0. The van der Waals surface area contributed by atoms with Gasteiger partial charge in [0.25, 0.3) is 5.82 Å². The molecule has 1 heterocycles. The Balaban J connectivity index is 2.23. The van der Waals surface area contributed by atoms with Gasteiger partial charge in [0.2, 0.25) is 0 Å². The van der Waals surface area contributed by atoms with Gasteiger partial charge in [0, 0.05) is 20.8 Å². The highest BCUT2D eigenvalue weighted by Crippen LogP contribution is 2.36. The molecule has 166 valence electrons. The van der Waals surface area contributed by atoms with Crippen LogP contribution in [0.25, 0.3) is 27.8 Å². The second-order valence-electron chi connectivity index (χ2n) is 9.76. The summed E-state index contributed by atoms with van der Waals surface area (Å²) in [7, 11) is 2.06. The van der Waals surface area contributed by atoms with Crippen molar-refractivity contribution in [3.63, 3.8) is 0 Å². The van der Waals surface area contributed by atoms with Gasteiger partial charge in [0.15, 0.2) is 11.0 Å². The Bertz CT molecular complexity index is 1330. The number of aryl methyl sites for hydroxylation is 2. The summed E-state index contributed by atoms with van der Waals surface area (Å²) >= 11 is 0. The normalized spacial score (nSPS) is 13.8. The first kappa shape index (κ1) is 18.7. The van der Waals surface area contributed by atoms with Gasteiger partial charge < -0.3 is 0 Å². The number of para-hydroxylation sites is 1. The third kappa shape index (κ3) is 3.66. The molecule has 0 saturated heterocycles. The van der Waals surface area contributed by atoms with Crippen molar-refractivity contribution in [1.29, 1.82) is 0 Å². The van der Waals surface area contributed by atoms with Crippen molar-refractivity contribution in [3.8, 4) is 16.8 Å². The van der Waals surface area contributed by atoms with Gasteiger partial charge in [-0.3, -0.25) is 0 Å². The van der Waals surface area contributed by atoms with Crippen LogP contribution in [0.1, 0.15) is 85.9 Å². The van der Waals surface area contributed by atoms with Crippen LogP contribution in [0.4, 0.5) is 0 Å². The molecule has 0 spiro atoms. The number of aromatic nitrogens is 2. The van der Waals surface area contributed by atoms with Crippen LogP contribution in [0.2, 0.25) is 0 Å². The molecule has 0 radical (unpaired) electrons. The Kier molecular flexibility index (Phi) is 5.01. The van der Waals surface area contributed by atoms with Gasteiger partial charge in [-0.05, 0) is 48.0 Å². The van der Waals surface area contributed by atoms with E-state index in [0.29, 0.717) is 5.56 Å². The molecule has 1 aromatic heterocycles. The number of hydrogen-bond donors (Lipinski definition) is 0. The van der Waals surface area contributed by atoms with Crippen molar-refractivity contribution in [2.24, 2.45) is 7.05 Å². The Morgan fingerprint density at radius 3 is 1.91 bits per heavy atom. The first-order chi connectivity index (χ1) is 16.4. The molecule has 2 nitrogen and oxygen atoms in total. The van der Waals surface area contributed by atoms with Crippen LogP contribution in [0.15, 0.2) is 60.7 Å². The Labute approximate surface area is 197 Å². The number of imidazole rings is 1. The van der Waals surface area contributed by atoms with E-state index < -0.39 is 6.85 Å². The Morgan fingerprint density at radius 2 is 1.38 bits per heavy atom. The lowest BCUT2D eigenvalue weighted by atomic mass is 9.88. The van der Waals surface area contributed by atoms with E-state index in [4.69, 9.17) is 4.11 Å². The lowest BCUT2D eigenvalue weighted by Gasteiger charge is -2.21. The molecule has 0 saturated carbocycles. The molecule has 0 atom stereocenters. The fraction of sp³-hybridized carbons (Fsp3) is 0.367. The zero-order chi connectivity index (χ0) is 25.7. The maximum atomic E-state index is 8.33. The maximum absolute atomic E-state index is 8.33. The monoisotopic (exact) mass is 428 g/mol. The minimum Gasteiger partial charge on any atom is -0.229 e. The molecule has 4 rings (SSSR count). The van der Waals surface area contributed by atoms with Gasteiger partial charge in [0.1, 0.15) is 5.69 Å². The summed E-state index contributed by atoms with van der Waals surface area (Å²) in [5.41, 5.74) is 8.11. The van der Waals surface area contributed by atoms with Crippen LogP contribution in [0.3, 0.4) is 0 Å². The summed E-state index contributed by atoms with van der Waals surface area (Å²) in [6.07, 6.45) is 0. The SMILES string of the molecule is [2H]C([2H])([2H])c1cccc2c1[n+](-c1c(C(C)C)cc(-c3ccccc3)cc1C(C)C)c(C(C)C)n2C. The molecule has 0 bridgehead atoms. The summed E-state index contributed by atoms with van der Waals surface area (Å²) in [5, 5.41) is 0. The maximum Gasteiger partial charge on any atom is 0.265 e. The van der Waals surface area contributed by atoms with E-state index in [2.05, 4.69) is 94.1 Å². The fourth-order valence-electron chi connectivity index (χ4n) is 4.91. The van der Waals surface area contributed by atoms with Gasteiger partial charge >= 0.3 is 0 Å². The minimum atomic E-state index is -2.21. The topological polar surface area (TPSA) is 8.81 Å². The van der Waals surface area contributed by atoms with Crippen LogP contribution < -0.4 is 4.57 Å². The van der Waals surface area contributed by atoms with E-state index in [1.165, 1.54) is 22.3 Å². The zero-order valence-electron chi connectivity index (χ0n) is 23.4. The quantitative estimate of drug-likeness (QED) is 0.287. The van der Waals surface area contributed by atoms with Crippen LogP contribution in [-0.2, 0) is 7.05 Å². The van der Waals surface area contributed by atoms with E-state index in [0.717, 1.165) is 22.5 Å². The van der Waals surface area contributed by atoms with Crippen molar-refractivity contribution in [2.75, 3.05) is 0 Å². The zero-order valence-corrected chi connectivity index (χ0v) is 20.4.